The highest BCUT2D eigenvalue weighted by Crippen LogP contribution is 2.07. The molecule has 4 heteroatoms. The second kappa shape index (κ2) is 6.10. The summed E-state index contributed by atoms with van der Waals surface area (Å²) in [5, 5.41) is 6.70. The molecule has 0 aromatic carbocycles. The molecule has 2 aromatic heterocycles. The lowest BCUT2D eigenvalue weighted by Gasteiger charge is -1.95. The van der Waals surface area contributed by atoms with Crippen molar-refractivity contribution in [1.82, 2.24) is 20.2 Å². The van der Waals surface area contributed by atoms with Crippen LogP contribution in [-0.2, 0) is 0 Å². The summed E-state index contributed by atoms with van der Waals surface area (Å²) in [5.41, 5.74) is 1.20. The summed E-state index contributed by atoms with van der Waals surface area (Å²) >= 11 is 0. The Balaban J connectivity index is 0.000000160. The van der Waals surface area contributed by atoms with Crippen LogP contribution in [0.25, 0.3) is 0 Å². The van der Waals surface area contributed by atoms with Gasteiger partial charge in [0, 0.05) is 30.2 Å². The number of H-pyrrole nitrogens is 2. The minimum Gasteiger partial charge on any atom is -0.348 e. The third kappa shape index (κ3) is 3.88. The molecule has 0 saturated carbocycles. The van der Waals surface area contributed by atoms with Crippen molar-refractivity contribution in [3.63, 3.8) is 0 Å². The number of hydrogen-bond acceptors (Lipinski definition) is 2. The van der Waals surface area contributed by atoms with Crippen molar-refractivity contribution < 1.29 is 0 Å². The maximum atomic E-state index is 4.06. The van der Waals surface area contributed by atoms with E-state index in [-0.39, 0.29) is 0 Å². The van der Waals surface area contributed by atoms with E-state index in [0.717, 1.165) is 5.82 Å². The zero-order chi connectivity index (χ0) is 12.0. The van der Waals surface area contributed by atoms with Crippen molar-refractivity contribution in [3.8, 4) is 0 Å². The van der Waals surface area contributed by atoms with Crippen LogP contribution >= 0.6 is 0 Å². The summed E-state index contributed by atoms with van der Waals surface area (Å²) < 4.78 is 0. The molecule has 88 valence electrons. The van der Waals surface area contributed by atoms with Gasteiger partial charge in [-0.2, -0.15) is 5.10 Å². The summed E-state index contributed by atoms with van der Waals surface area (Å²) in [6.45, 7) is 8.48. The van der Waals surface area contributed by atoms with E-state index in [4.69, 9.17) is 0 Å². The van der Waals surface area contributed by atoms with Crippen LogP contribution in [0, 0.1) is 0 Å². The van der Waals surface area contributed by atoms with Gasteiger partial charge >= 0.3 is 0 Å². The first-order valence-corrected chi connectivity index (χ1v) is 5.59. The number of aromatic amines is 2. The molecule has 0 atom stereocenters. The lowest BCUT2D eigenvalue weighted by molar-refractivity contribution is 0.794. The van der Waals surface area contributed by atoms with Gasteiger partial charge in [0.25, 0.3) is 0 Å². The van der Waals surface area contributed by atoms with Crippen molar-refractivity contribution in [2.45, 2.75) is 39.5 Å². The summed E-state index contributed by atoms with van der Waals surface area (Å²) in [5.74, 6) is 2.15. The zero-order valence-corrected chi connectivity index (χ0v) is 10.4. The van der Waals surface area contributed by atoms with Gasteiger partial charge < -0.3 is 4.98 Å². The first-order chi connectivity index (χ1) is 7.61. The Morgan fingerprint density at radius 2 is 1.81 bits per heavy atom. The first-order valence-electron chi connectivity index (χ1n) is 5.59. The second-order valence-corrected chi connectivity index (χ2v) is 4.30. The van der Waals surface area contributed by atoms with Crippen molar-refractivity contribution in [1.29, 1.82) is 0 Å². The summed E-state index contributed by atoms with van der Waals surface area (Å²) in [4.78, 5) is 7.09. The van der Waals surface area contributed by atoms with Gasteiger partial charge in [-0.3, -0.25) is 5.10 Å². The van der Waals surface area contributed by atoms with Gasteiger partial charge in [0.05, 0.1) is 0 Å². The van der Waals surface area contributed by atoms with Crippen LogP contribution in [0.4, 0.5) is 0 Å². The first kappa shape index (κ1) is 12.5. The van der Waals surface area contributed by atoms with Crippen molar-refractivity contribution >= 4 is 0 Å². The van der Waals surface area contributed by atoms with E-state index in [9.17, 15) is 0 Å². The fourth-order valence-electron chi connectivity index (χ4n) is 1.18. The van der Waals surface area contributed by atoms with Crippen molar-refractivity contribution in [2.24, 2.45) is 0 Å². The summed E-state index contributed by atoms with van der Waals surface area (Å²) in [7, 11) is 0. The van der Waals surface area contributed by atoms with Crippen LogP contribution in [-0.4, -0.2) is 20.2 Å². The van der Waals surface area contributed by atoms with Gasteiger partial charge in [-0.25, -0.2) is 4.98 Å². The predicted octanol–water partition coefficient (Wildman–Crippen LogP) is 3.07. The number of nitrogens with one attached hydrogen (secondary N) is 2. The predicted molar refractivity (Wildman–Crippen MR) is 65.4 cm³/mol. The minimum atomic E-state index is 0.519. The third-order valence-corrected chi connectivity index (χ3v) is 2.21. The highest BCUT2D eigenvalue weighted by molar-refractivity contribution is 5.01. The lowest BCUT2D eigenvalue weighted by Crippen LogP contribution is -1.87. The van der Waals surface area contributed by atoms with Crippen LogP contribution in [0.15, 0.2) is 24.7 Å². The molecule has 0 saturated heterocycles. The second-order valence-electron chi connectivity index (χ2n) is 4.30. The topological polar surface area (TPSA) is 57.4 Å². The normalized spacial score (nSPS) is 10.4. The molecule has 0 aliphatic heterocycles. The Hall–Kier alpha value is -1.58. The molecule has 16 heavy (non-hydrogen) atoms. The van der Waals surface area contributed by atoms with Gasteiger partial charge in [0.15, 0.2) is 0 Å². The zero-order valence-electron chi connectivity index (χ0n) is 10.4. The minimum absolute atomic E-state index is 0.519. The fraction of sp³-hybridized carbons (Fsp3) is 0.500. The number of aromatic nitrogens is 4. The monoisotopic (exact) mass is 220 g/mol. The molecule has 0 fully saturated rings. The number of nitrogens with zero attached hydrogens (tertiary/aromatic N) is 2. The molecule has 0 aliphatic carbocycles. The Morgan fingerprint density at radius 1 is 1.06 bits per heavy atom. The average molecular weight is 220 g/mol. The van der Waals surface area contributed by atoms with E-state index in [2.05, 4.69) is 47.9 Å². The molecule has 2 N–H and O–H groups in total. The van der Waals surface area contributed by atoms with E-state index < -0.39 is 0 Å². The SMILES string of the molecule is CC(C)c1ccn[nH]1.CC(C)c1ncc[nH]1. The highest BCUT2D eigenvalue weighted by Gasteiger charge is 1.97. The molecular weight excluding hydrogens is 200 g/mol. The van der Waals surface area contributed by atoms with E-state index >= 15 is 0 Å². The highest BCUT2D eigenvalue weighted by atomic mass is 15.1. The molecule has 0 radical (unpaired) electrons. The molecular formula is C12H20N4. The van der Waals surface area contributed by atoms with E-state index in [1.165, 1.54) is 5.69 Å². The Labute approximate surface area is 96.5 Å². The maximum Gasteiger partial charge on any atom is 0.108 e. The maximum absolute atomic E-state index is 4.06. The van der Waals surface area contributed by atoms with E-state index in [1.807, 2.05) is 12.3 Å². The van der Waals surface area contributed by atoms with Crippen LogP contribution in [0.1, 0.15) is 51.0 Å². The lowest BCUT2D eigenvalue weighted by atomic mass is 10.1. The molecule has 0 amide bonds. The quantitative estimate of drug-likeness (QED) is 0.817. The van der Waals surface area contributed by atoms with Gasteiger partial charge in [0.1, 0.15) is 5.82 Å². The Morgan fingerprint density at radius 3 is 2.06 bits per heavy atom. The van der Waals surface area contributed by atoms with Crippen molar-refractivity contribution in [3.05, 3.63) is 36.2 Å². The number of hydrogen-bond donors (Lipinski definition) is 2. The van der Waals surface area contributed by atoms with Gasteiger partial charge in [-0.1, -0.05) is 27.7 Å². The largest absolute Gasteiger partial charge is 0.348 e. The van der Waals surface area contributed by atoms with E-state index in [0.29, 0.717) is 11.8 Å². The van der Waals surface area contributed by atoms with Crippen LogP contribution in [0.3, 0.4) is 0 Å². The molecule has 2 aromatic rings. The molecule has 0 bridgehead atoms. The summed E-state index contributed by atoms with van der Waals surface area (Å²) in [6, 6.07) is 1.99. The summed E-state index contributed by atoms with van der Waals surface area (Å²) in [6.07, 6.45) is 5.39. The van der Waals surface area contributed by atoms with Crippen molar-refractivity contribution in [2.75, 3.05) is 0 Å². The molecule has 4 nitrogen and oxygen atoms in total. The fourth-order valence-corrected chi connectivity index (χ4v) is 1.18. The smallest absolute Gasteiger partial charge is 0.108 e. The molecule has 2 heterocycles. The molecule has 0 spiro atoms. The number of rotatable bonds is 2. The van der Waals surface area contributed by atoms with Gasteiger partial charge in [-0.15, -0.1) is 0 Å². The standard InChI is InChI=1S/2C6H10N2/c1-5(2)6-7-3-4-8-6;1-5(2)6-3-4-7-8-6/h2*3-5H,1-2H3,(H,7,8). The number of imidazole rings is 1. The van der Waals surface area contributed by atoms with Gasteiger partial charge in [-0.05, 0) is 12.0 Å². The molecule has 2 rings (SSSR count). The average Bonchev–Trinajstić information content (AvgIpc) is 2.93. The van der Waals surface area contributed by atoms with Crippen LogP contribution in [0.5, 0.6) is 0 Å². The Kier molecular flexibility index (Phi) is 4.76. The third-order valence-electron chi connectivity index (χ3n) is 2.21. The van der Waals surface area contributed by atoms with Crippen LogP contribution < -0.4 is 0 Å². The van der Waals surface area contributed by atoms with E-state index in [1.54, 1.807) is 12.4 Å². The Bertz CT molecular complexity index is 321. The molecule has 0 aliphatic rings. The molecule has 0 unspecified atom stereocenters. The van der Waals surface area contributed by atoms with Crippen LogP contribution in [0.2, 0.25) is 0 Å². The van der Waals surface area contributed by atoms with Gasteiger partial charge in [0.2, 0.25) is 0 Å².